The molecule has 6 nitrogen and oxygen atoms in total. The van der Waals surface area contributed by atoms with E-state index in [0.29, 0.717) is 37.6 Å². The van der Waals surface area contributed by atoms with Crippen LogP contribution in [0.5, 0.6) is 0 Å². The fourth-order valence-electron chi connectivity index (χ4n) is 4.86. The lowest BCUT2D eigenvalue weighted by Crippen LogP contribution is -2.47. The van der Waals surface area contributed by atoms with Crippen LogP contribution in [-0.4, -0.2) is 46.3 Å². The second-order valence-corrected chi connectivity index (χ2v) is 9.11. The van der Waals surface area contributed by atoms with Crippen molar-refractivity contribution in [2.75, 3.05) is 36.0 Å². The Morgan fingerprint density at radius 2 is 1.53 bits per heavy atom. The Morgan fingerprint density at radius 3 is 2.29 bits per heavy atom. The Balaban J connectivity index is 1.28. The summed E-state index contributed by atoms with van der Waals surface area (Å²) in [5.41, 5.74) is 3.96. The van der Waals surface area contributed by atoms with Crippen LogP contribution in [0, 0.1) is 5.82 Å². The molecule has 10 heteroatoms. The molecule has 1 aliphatic heterocycles. The molecule has 1 aliphatic rings. The number of halogens is 4. The smallest absolute Gasteiger partial charge is 0.368 e. The molecule has 2 aromatic heterocycles. The Labute approximate surface area is 215 Å². The monoisotopic (exact) mass is 518 g/mol. The third kappa shape index (κ3) is 4.53. The van der Waals surface area contributed by atoms with Crippen molar-refractivity contribution in [3.8, 4) is 22.4 Å². The number of benzene rings is 3. The molecule has 0 atom stereocenters. The number of fused-ring (bicyclic) bond motifs is 1. The van der Waals surface area contributed by atoms with Crippen molar-refractivity contribution in [1.82, 2.24) is 20.2 Å². The second-order valence-electron chi connectivity index (χ2n) is 9.11. The number of piperazine rings is 1. The number of nitrogens with zero attached hydrogens (tertiary/aromatic N) is 5. The van der Waals surface area contributed by atoms with Crippen LogP contribution < -0.4 is 9.80 Å². The molecule has 0 aliphatic carbocycles. The quantitative estimate of drug-likeness (QED) is 0.288. The number of aromatic amines is 1. The van der Waals surface area contributed by atoms with Gasteiger partial charge in [0.2, 0.25) is 0 Å². The lowest BCUT2D eigenvalue weighted by molar-refractivity contribution is -0.137. The number of nitrogens with one attached hydrogen (secondary N) is 1. The molecule has 3 aromatic carbocycles. The lowest BCUT2D eigenvalue weighted by atomic mass is 10.00. The molecule has 0 saturated carbocycles. The average Bonchev–Trinajstić information content (AvgIpc) is 3.43. The average molecular weight is 519 g/mol. The van der Waals surface area contributed by atoms with Crippen LogP contribution in [0.15, 0.2) is 79.3 Å². The minimum Gasteiger partial charge on any atom is -0.368 e. The predicted molar refractivity (Wildman–Crippen MR) is 138 cm³/mol. The van der Waals surface area contributed by atoms with Gasteiger partial charge < -0.3 is 9.80 Å². The molecule has 1 N–H and O–H groups in total. The molecule has 38 heavy (non-hydrogen) atoms. The van der Waals surface area contributed by atoms with E-state index in [2.05, 4.69) is 25.1 Å². The Hall–Kier alpha value is -4.47. The van der Waals surface area contributed by atoms with E-state index < -0.39 is 11.7 Å². The topological polar surface area (TPSA) is 60.9 Å². The van der Waals surface area contributed by atoms with Crippen LogP contribution in [0.4, 0.5) is 29.1 Å². The minimum absolute atomic E-state index is 0.313. The molecule has 0 bridgehead atoms. The predicted octanol–water partition coefficient (Wildman–Crippen LogP) is 6.17. The fourth-order valence-corrected chi connectivity index (χ4v) is 4.86. The van der Waals surface area contributed by atoms with Gasteiger partial charge in [0.25, 0.3) is 0 Å². The summed E-state index contributed by atoms with van der Waals surface area (Å²) < 4.78 is 53.0. The maximum Gasteiger partial charge on any atom is 0.416 e. The first-order valence-corrected chi connectivity index (χ1v) is 12.1. The first-order valence-electron chi connectivity index (χ1n) is 12.1. The van der Waals surface area contributed by atoms with E-state index in [0.717, 1.165) is 39.5 Å². The van der Waals surface area contributed by atoms with Crippen molar-refractivity contribution in [2.45, 2.75) is 6.18 Å². The Kier molecular flexibility index (Phi) is 5.94. The van der Waals surface area contributed by atoms with Gasteiger partial charge in [-0.2, -0.15) is 18.3 Å². The standard InChI is InChI=1S/C28H22F4N6/c29-21-7-4-18(5-8-21)26-24(16-35-36-26)19-6-9-25-23(14-19)27(34-17-33-25)38-12-10-37(11-13-38)22-3-1-2-20(15-22)28(30,31)32/h1-9,14-17H,10-13H2,(H,35,36). The number of H-pyrrole nitrogens is 1. The van der Waals surface area contributed by atoms with Crippen molar-refractivity contribution in [3.63, 3.8) is 0 Å². The van der Waals surface area contributed by atoms with Crippen LogP contribution in [0.25, 0.3) is 33.3 Å². The van der Waals surface area contributed by atoms with E-state index in [1.165, 1.54) is 30.6 Å². The molecule has 3 heterocycles. The maximum absolute atomic E-state index is 13.4. The zero-order chi connectivity index (χ0) is 26.3. The maximum atomic E-state index is 13.4. The van der Waals surface area contributed by atoms with E-state index in [1.807, 2.05) is 23.1 Å². The molecule has 5 aromatic rings. The normalized spacial score (nSPS) is 14.3. The summed E-state index contributed by atoms with van der Waals surface area (Å²) in [6.45, 7) is 2.31. The van der Waals surface area contributed by atoms with Gasteiger partial charge in [0, 0.05) is 54.6 Å². The highest BCUT2D eigenvalue weighted by atomic mass is 19.4. The van der Waals surface area contributed by atoms with Crippen molar-refractivity contribution >= 4 is 22.4 Å². The zero-order valence-electron chi connectivity index (χ0n) is 20.1. The third-order valence-electron chi connectivity index (χ3n) is 6.80. The van der Waals surface area contributed by atoms with Gasteiger partial charge >= 0.3 is 6.18 Å². The Bertz CT molecular complexity index is 1590. The van der Waals surface area contributed by atoms with Crippen LogP contribution in [0.1, 0.15) is 5.56 Å². The number of rotatable bonds is 4. The second kappa shape index (κ2) is 9.44. The molecule has 1 fully saturated rings. The van der Waals surface area contributed by atoms with Crippen molar-refractivity contribution < 1.29 is 17.6 Å². The van der Waals surface area contributed by atoms with Crippen LogP contribution in [0.3, 0.4) is 0 Å². The van der Waals surface area contributed by atoms with Crippen LogP contribution in [0.2, 0.25) is 0 Å². The third-order valence-corrected chi connectivity index (χ3v) is 6.80. The lowest BCUT2D eigenvalue weighted by Gasteiger charge is -2.37. The highest BCUT2D eigenvalue weighted by molar-refractivity contribution is 5.94. The van der Waals surface area contributed by atoms with Crippen LogP contribution >= 0.6 is 0 Å². The van der Waals surface area contributed by atoms with Gasteiger partial charge in [-0.15, -0.1) is 0 Å². The first kappa shape index (κ1) is 23.9. The first-order chi connectivity index (χ1) is 18.4. The fraction of sp³-hybridized carbons (Fsp3) is 0.179. The summed E-state index contributed by atoms with van der Waals surface area (Å²) in [6, 6.07) is 17.5. The van der Waals surface area contributed by atoms with Gasteiger partial charge in [-0.1, -0.05) is 12.1 Å². The van der Waals surface area contributed by atoms with Gasteiger partial charge in [0.15, 0.2) is 0 Å². The van der Waals surface area contributed by atoms with Crippen molar-refractivity contribution in [3.05, 3.63) is 90.6 Å². The Morgan fingerprint density at radius 1 is 0.789 bits per heavy atom. The van der Waals surface area contributed by atoms with Crippen LogP contribution in [-0.2, 0) is 6.18 Å². The van der Waals surface area contributed by atoms with Gasteiger partial charge in [0.1, 0.15) is 18.0 Å². The number of alkyl halides is 3. The number of hydrogen-bond donors (Lipinski definition) is 1. The molecule has 0 unspecified atom stereocenters. The number of aromatic nitrogens is 4. The summed E-state index contributed by atoms with van der Waals surface area (Å²) in [7, 11) is 0. The van der Waals surface area contributed by atoms with Gasteiger partial charge in [-0.05, 0) is 60.2 Å². The molecule has 192 valence electrons. The zero-order valence-corrected chi connectivity index (χ0v) is 20.1. The molecule has 0 amide bonds. The minimum atomic E-state index is -4.37. The summed E-state index contributed by atoms with van der Waals surface area (Å²) in [5, 5.41) is 8.15. The van der Waals surface area contributed by atoms with E-state index in [4.69, 9.17) is 0 Å². The summed E-state index contributed by atoms with van der Waals surface area (Å²) in [6.07, 6.45) is -1.05. The molecular formula is C28H22F4N6. The summed E-state index contributed by atoms with van der Waals surface area (Å²) >= 11 is 0. The van der Waals surface area contributed by atoms with E-state index in [9.17, 15) is 17.6 Å². The highest BCUT2D eigenvalue weighted by Gasteiger charge is 2.31. The van der Waals surface area contributed by atoms with Gasteiger partial charge in [-0.3, -0.25) is 5.10 Å². The van der Waals surface area contributed by atoms with Crippen molar-refractivity contribution in [2.24, 2.45) is 0 Å². The summed E-state index contributed by atoms with van der Waals surface area (Å²) in [4.78, 5) is 13.1. The summed E-state index contributed by atoms with van der Waals surface area (Å²) in [5.74, 6) is 0.457. The van der Waals surface area contributed by atoms with Crippen molar-refractivity contribution in [1.29, 1.82) is 0 Å². The highest BCUT2D eigenvalue weighted by Crippen LogP contribution is 2.35. The van der Waals surface area contributed by atoms with E-state index in [1.54, 1.807) is 24.4 Å². The molecule has 1 saturated heterocycles. The molecule has 0 spiro atoms. The largest absolute Gasteiger partial charge is 0.416 e. The van der Waals surface area contributed by atoms with E-state index >= 15 is 0 Å². The number of anilines is 2. The van der Waals surface area contributed by atoms with E-state index in [-0.39, 0.29) is 5.82 Å². The molecular weight excluding hydrogens is 496 g/mol. The SMILES string of the molecule is Fc1ccc(-c2n[nH]cc2-c2ccc3ncnc(N4CCN(c5cccc(C(F)(F)F)c5)CC4)c3c2)cc1. The molecule has 6 rings (SSSR count). The van der Waals surface area contributed by atoms with Gasteiger partial charge in [-0.25, -0.2) is 14.4 Å². The molecule has 0 radical (unpaired) electrons. The number of hydrogen-bond acceptors (Lipinski definition) is 5. The van der Waals surface area contributed by atoms with Gasteiger partial charge in [0.05, 0.1) is 16.8 Å².